The van der Waals surface area contributed by atoms with E-state index in [1.54, 1.807) is 16.2 Å². The number of amides is 3. The van der Waals surface area contributed by atoms with Gasteiger partial charge < -0.3 is 16.0 Å². The fourth-order valence-electron chi connectivity index (χ4n) is 4.48. The van der Waals surface area contributed by atoms with E-state index in [0.717, 1.165) is 41.2 Å². The minimum atomic E-state index is -0.599. The van der Waals surface area contributed by atoms with Crippen LogP contribution in [-0.2, 0) is 35.5 Å². The van der Waals surface area contributed by atoms with Gasteiger partial charge in [-0.2, -0.15) is 0 Å². The van der Waals surface area contributed by atoms with Gasteiger partial charge in [0, 0.05) is 36.0 Å². The summed E-state index contributed by atoms with van der Waals surface area (Å²) in [4.78, 5) is 44.4. The molecule has 30 heavy (non-hydrogen) atoms. The molecule has 4 N–H and O–H groups in total. The molecule has 1 saturated heterocycles. The standard InChI is InChI=1S/C21H23N5O3S/c22-13-4-5-14-16(8-13)30-21(24-14)23-9-11-2-1-3-12-10-26(20(29)18(11)12)15-6-7-17(27)25-19(15)28/h1-3,13,15H,4-10,22H2,(H,23,24)(H,25,27,28)/t13-,15?/m0/s1. The van der Waals surface area contributed by atoms with Crippen molar-refractivity contribution in [2.24, 2.45) is 5.73 Å². The monoisotopic (exact) mass is 425 g/mol. The van der Waals surface area contributed by atoms with Crippen LogP contribution in [0.3, 0.4) is 0 Å². The van der Waals surface area contributed by atoms with Crippen molar-refractivity contribution in [2.45, 2.75) is 57.3 Å². The zero-order chi connectivity index (χ0) is 20.8. The highest BCUT2D eigenvalue weighted by molar-refractivity contribution is 7.15. The molecule has 3 amide bonds. The number of benzene rings is 1. The molecule has 9 heteroatoms. The second kappa shape index (κ2) is 7.48. The quantitative estimate of drug-likeness (QED) is 0.636. The fraction of sp³-hybridized carbons (Fsp3) is 0.429. The Hall–Kier alpha value is -2.78. The molecule has 0 spiro atoms. The Morgan fingerprint density at radius 2 is 2.10 bits per heavy atom. The van der Waals surface area contributed by atoms with Crippen LogP contribution < -0.4 is 16.4 Å². The molecule has 0 bridgehead atoms. The SMILES string of the molecule is N[C@H]1CCc2nc(NCc3cccc4c3C(=O)N(C3CCC(=O)NC3=O)C4)sc2C1. The van der Waals surface area contributed by atoms with Crippen LogP contribution in [0.4, 0.5) is 5.13 Å². The predicted octanol–water partition coefficient (Wildman–Crippen LogP) is 1.33. The summed E-state index contributed by atoms with van der Waals surface area (Å²) in [6.45, 7) is 0.869. The summed E-state index contributed by atoms with van der Waals surface area (Å²) < 4.78 is 0. The van der Waals surface area contributed by atoms with Crippen molar-refractivity contribution in [3.63, 3.8) is 0 Å². The number of aryl methyl sites for hydroxylation is 1. The minimum absolute atomic E-state index is 0.152. The Balaban J connectivity index is 1.33. The van der Waals surface area contributed by atoms with E-state index in [0.29, 0.717) is 25.1 Å². The first kappa shape index (κ1) is 19.2. The van der Waals surface area contributed by atoms with E-state index >= 15 is 0 Å². The van der Waals surface area contributed by atoms with Gasteiger partial charge in [-0.1, -0.05) is 18.2 Å². The number of piperidine rings is 1. The number of thiazole rings is 1. The van der Waals surface area contributed by atoms with E-state index in [-0.39, 0.29) is 24.3 Å². The molecule has 156 valence electrons. The summed E-state index contributed by atoms with van der Waals surface area (Å²) in [5.41, 5.74) is 9.64. The van der Waals surface area contributed by atoms with Crippen LogP contribution in [0.2, 0.25) is 0 Å². The van der Waals surface area contributed by atoms with Gasteiger partial charge in [-0.3, -0.25) is 19.7 Å². The highest BCUT2D eigenvalue weighted by atomic mass is 32.1. The van der Waals surface area contributed by atoms with Crippen molar-refractivity contribution >= 4 is 34.2 Å². The number of nitrogens with two attached hydrogens (primary N) is 1. The van der Waals surface area contributed by atoms with E-state index < -0.39 is 11.9 Å². The zero-order valence-corrected chi connectivity index (χ0v) is 17.3. The summed E-state index contributed by atoms with van der Waals surface area (Å²) in [5, 5.41) is 6.55. The van der Waals surface area contributed by atoms with Crippen molar-refractivity contribution in [1.29, 1.82) is 0 Å². The van der Waals surface area contributed by atoms with Gasteiger partial charge in [-0.05, 0) is 36.8 Å². The van der Waals surface area contributed by atoms with Crippen LogP contribution >= 0.6 is 11.3 Å². The third-order valence-electron chi connectivity index (χ3n) is 6.05. The van der Waals surface area contributed by atoms with E-state index in [4.69, 9.17) is 5.73 Å². The van der Waals surface area contributed by atoms with Crippen LogP contribution in [-0.4, -0.2) is 39.7 Å². The zero-order valence-electron chi connectivity index (χ0n) is 16.4. The van der Waals surface area contributed by atoms with E-state index in [9.17, 15) is 14.4 Å². The third kappa shape index (κ3) is 3.37. The number of imide groups is 1. The highest BCUT2D eigenvalue weighted by Gasteiger charge is 2.39. The first-order valence-electron chi connectivity index (χ1n) is 10.2. The van der Waals surface area contributed by atoms with E-state index in [1.807, 2.05) is 18.2 Å². The molecule has 8 nitrogen and oxygen atoms in total. The summed E-state index contributed by atoms with van der Waals surface area (Å²) in [7, 11) is 0. The Kier molecular flexibility index (Phi) is 4.79. The van der Waals surface area contributed by atoms with Crippen LogP contribution in [0.15, 0.2) is 18.2 Å². The molecule has 2 aromatic rings. The molecule has 5 rings (SSSR count). The summed E-state index contributed by atoms with van der Waals surface area (Å²) in [6, 6.07) is 5.40. The Morgan fingerprint density at radius 1 is 1.23 bits per heavy atom. The number of hydrogen-bond donors (Lipinski definition) is 3. The number of rotatable bonds is 4. The van der Waals surface area contributed by atoms with Crippen molar-refractivity contribution in [3.05, 3.63) is 45.5 Å². The molecule has 1 aromatic carbocycles. The number of anilines is 1. The average Bonchev–Trinajstić information content (AvgIpc) is 3.27. The lowest BCUT2D eigenvalue weighted by atomic mass is 9.99. The van der Waals surface area contributed by atoms with Crippen LogP contribution in [0.5, 0.6) is 0 Å². The number of nitrogens with zero attached hydrogens (tertiary/aromatic N) is 2. The Bertz CT molecular complexity index is 1050. The Labute approximate surface area is 177 Å². The number of fused-ring (bicyclic) bond motifs is 2. The van der Waals surface area contributed by atoms with Gasteiger partial charge in [0.2, 0.25) is 11.8 Å². The molecule has 1 unspecified atom stereocenters. The lowest BCUT2D eigenvalue weighted by molar-refractivity contribution is -0.136. The summed E-state index contributed by atoms with van der Waals surface area (Å²) in [5.74, 6) is -0.822. The fourth-order valence-corrected chi connectivity index (χ4v) is 5.58. The first-order valence-corrected chi connectivity index (χ1v) is 11.0. The molecular formula is C21H23N5O3S. The molecule has 1 fully saturated rings. The van der Waals surface area contributed by atoms with Gasteiger partial charge in [0.05, 0.1) is 5.69 Å². The van der Waals surface area contributed by atoms with Crippen LogP contribution in [0.25, 0.3) is 0 Å². The Morgan fingerprint density at radius 3 is 2.93 bits per heavy atom. The second-order valence-electron chi connectivity index (χ2n) is 8.10. The number of aromatic nitrogens is 1. The summed E-state index contributed by atoms with van der Waals surface area (Å²) in [6.07, 6.45) is 3.37. The van der Waals surface area contributed by atoms with E-state index in [2.05, 4.69) is 15.6 Å². The van der Waals surface area contributed by atoms with Crippen molar-refractivity contribution in [3.8, 4) is 0 Å². The van der Waals surface area contributed by atoms with Gasteiger partial charge in [-0.25, -0.2) is 4.98 Å². The van der Waals surface area contributed by atoms with Crippen molar-refractivity contribution in [2.75, 3.05) is 5.32 Å². The van der Waals surface area contributed by atoms with Crippen molar-refractivity contribution < 1.29 is 14.4 Å². The molecule has 2 atom stereocenters. The van der Waals surface area contributed by atoms with Crippen LogP contribution in [0, 0.1) is 0 Å². The lowest BCUT2D eigenvalue weighted by Gasteiger charge is -2.29. The summed E-state index contributed by atoms with van der Waals surface area (Å²) >= 11 is 1.63. The van der Waals surface area contributed by atoms with Gasteiger partial charge in [0.15, 0.2) is 5.13 Å². The maximum Gasteiger partial charge on any atom is 0.255 e. The average molecular weight is 426 g/mol. The maximum atomic E-state index is 13.2. The van der Waals surface area contributed by atoms with Gasteiger partial charge >= 0.3 is 0 Å². The topological polar surface area (TPSA) is 117 Å². The molecule has 0 radical (unpaired) electrons. The number of carbonyl (C=O) groups is 3. The maximum absolute atomic E-state index is 13.2. The third-order valence-corrected chi connectivity index (χ3v) is 7.12. The lowest BCUT2D eigenvalue weighted by Crippen LogP contribution is -2.52. The largest absolute Gasteiger partial charge is 0.357 e. The highest BCUT2D eigenvalue weighted by Crippen LogP contribution is 2.32. The predicted molar refractivity (Wildman–Crippen MR) is 112 cm³/mol. The molecule has 2 aliphatic heterocycles. The minimum Gasteiger partial charge on any atom is -0.357 e. The number of hydrogen-bond acceptors (Lipinski definition) is 7. The van der Waals surface area contributed by atoms with Gasteiger partial charge in [0.25, 0.3) is 5.91 Å². The normalized spacial score (nSPS) is 23.2. The van der Waals surface area contributed by atoms with Crippen LogP contribution in [0.1, 0.15) is 51.3 Å². The first-order chi connectivity index (χ1) is 14.5. The molecule has 3 heterocycles. The molecule has 1 aliphatic carbocycles. The molecular weight excluding hydrogens is 402 g/mol. The van der Waals surface area contributed by atoms with Gasteiger partial charge in [0.1, 0.15) is 6.04 Å². The molecule has 3 aliphatic rings. The molecule has 0 saturated carbocycles. The van der Waals surface area contributed by atoms with E-state index in [1.165, 1.54) is 4.88 Å². The second-order valence-corrected chi connectivity index (χ2v) is 9.18. The van der Waals surface area contributed by atoms with Crippen molar-refractivity contribution in [1.82, 2.24) is 15.2 Å². The number of nitrogens with one attached hydrogen (secondary N) is 2. The van der Waals surface area contributed by atoms with Gasteiger partial charge in [-0.15, -0.1) is 11.3 Å². The molecule has 1 aromatic heterocycles. The number of carbonyl (C=O) groups excluding carboxylic acids is 3. The smallest absolute Gasteiger partial charge is 0.255 e.